The van der Waals surface area contributed by atoms with E-state index in [1.807, 2.05) is 39.0 Å². The number of rotatable bonds is 3. The third-order valence-corrected chi connectivity index (χ3v) is 9.17. The Morgan fingerprint density at radius 2 is 1.91 bits per heavy atom. The van der Waals surface area contributed by atoms with Crippen molar-refractivity contribution in [3.63, 3.8) is 0 Å². The zero-order valence-electron chi connectivity index (χ0n) is 18.5. The molecule has 3 aliphatic rings. The molecule has 1 atom stereocenters. The minimum absolute atomic E-state index is 0.0211. The van der Waals surface area contributed by atoms with Crippen molar-refractivity contribution in [2.45, 2.75) is 27.2 Å². The Kier molecular flexibility index (Phi) is 5.89. The average molecular weight is 455 g/mol. The molecule has 0 N–H and O–H groups in total. The summed E-state index contributed by atoms with van der Waals surface area (Å²) in [5, 5.41) is 8.08. The normalized spacial score (nSPS) is 22.3. The second kappa shape index (κ2) is 8.36. The van der Waals surface area contributed by atoms with Crippen molar-refractivity contribution in [2.75, 3.05) is 25.4 Å². The van der Waals surface area contributed by atoms with Crippen molar-refractivity contribution < 1.29 is 18.5 Å². The van der Waals surface area contributed by atoms with Crippen molar-refractivity contribution in [3.8, 4) is 0 Å². The van der Waals surface area contributed by atoms with Gasteiger partial charge in [-0.3, -0.25) is 9.59 Å². The van der Waals surface area contributed by atoms with E-state index in [-0.39, 0.29) is 29.4 Å². The summed E-state index contributed by atoms with van der Waals surface area (Å²) in [6.45, 7) is 6.31. The number of allylic oxidation sites excluding steroid dienone is 4. The van der Waals surface area contributed by atoms with Crippen LogP contribution in [0.4, 0.5) is 4.39 Å². The minimum atomic E-state index is -2.97. The molecule has 2 heterocycles. The fourth-order valence-electron chi connectivity index (χ4n) is 4.28. The molecular formula is C24H27FN3O3P. The van der Waals surface area contributed by atoms with Gasteiger partial charge in [-0.05, 0) is 23.3 Å². The first kappa shape index (κ1) is 22.5. The second-order valence-electron chi connectivity index (χ2n) is 9.50. The number of hydrogen-bond donors (Lipinski definition) is 0. The van der Waals surface area contributed by atoms with Crippen LogP contribution < -0.4 is 5.30 Å². The second-order valence-corrected chi connectivity index (χ2v) is 12.7. The first-order valence-corrected chi connectivity index (χ1v) is 12.9. The van der Waals surface area contributed by atoms with E-state index in [9.17, 15) is 18.5 Å². The van der Waals surface area contributed by atoms with Gasteiger partial charge >= 0.3 is 0 Å². The summed E-state index contributed by atoms with van der Waals surface area (Å²) in [6.07, 6.45) is 8.20. The van der Waals surface area contributed by atoms with Crippen LogP contribution in [0.5, 0.6) is 0 Å². The smallest absolute Gasteiger partial charge is 0.275 e. The molecule has 0 saturated carbocycles. The number of fused-ring (bicyclic) bond motifs is 1. The van der Waals surface area contributed by atoms with Crippen LogP contribution in [-0.2, 0) is 20.6 Å². The summed E-state index contributed by atoms with van der Waals surface area (Å²) in [7, 11) is -2.97. The Balaban J connectivity index is 1.57. The monoisotopic (exact) mass is 455 g/mol. The molecule has 0 bridgehead atoms. The molecule has 1 unspecified atom stereocenters. The summed E-state index contributed by atoms with van der Waals surface area (Å²) in [4.78, 5) is 26.3. The number of benzene rings is 1. The van der Waals surface area contributed by atoms with Gasteiger partial charge in [0, 0.05) is 42.6 Å². The summed E-state index contributed by atoms with van der Waals surface area (Å²) in [5.74, 6) is -1.20. The van der Waals surface area contributed by atoms with Gasteiger partial charge in [0.05, 0.1) is 11.6 Å². The topological polar surface area (TPSA) is 79.2 Å². The predicted octanol–water partition coefficient (Wildman–Crippen LogP) is 4.23. The first-order valence-electron chi connectivity index (χ1n) is 10.8. The molecule has 2 amide bonds. The molecular weight excluding hydrogens is 428 g/mol. The quantitative estimate of drug-likeness (QED) is 0.640. The summed E-state index contributed by atoms with van der Waals surface area (Å²) in [5.41, 5.74) is 1.70. The average Bonchev–Trinajstić information content (AvgIpc) is 2.76. The van der Waals surface area contributed by atoms with E-state index in [0.29, 0.717) is 25.2 Å². The summed E-state index contributed by atoms with van der Waals surface area (Å²) >= 11 is 0. The number of hydrogen-bond acceptors (Lipinski definition) is 4. The SMILES string of the molecule is CC(C)(C)C(=O)N1CCP(=O)(c2cc(CC3=C4C=CC=CC4C(=O)N=N3)ccc2F)CC1. The van der Waals surface area contributed by atoms with Crippen molar-refractivity contribution in [2.24, 2.45) is 21.6 Å². The molecule has 1 saturated heterocycles. The highest BCUT2D eigenvalue weighted by molar-refractivity contribution is 7.71. The Labute approximate surface area is 187 Å². The van der Waals surface area contributed by atoms with E-state index in [2.05, 4.69) is 10.2 Å². The lowest BCUT2D eigenvalue weighted by molar-refractivity contribution is -0.139. The van der Waals surface area contributed by atoms with Crippen LogP contribution in [-0.4, -0.2) is 42.1 Å². The van der Waals surface area contributed by atoms with Crippen LogP contribution in [0, 0.1) is 17.2 Å². The summed E-state index contributed by atoms with van der Waals surface area (Å²) < 4.78 is 28.5. The van der Waals surface area contributed by atoms with Crippen LogP contribution in [0.25, 0.3) is 0 Å². The largest absolute Gasteiger partial charge is 0.341 e. The standard InChI is InChI=1S/C24H27FN3O3P/c1-24(2,3)23(30)28-10-12-32(31,13-11-28)21-15-16(8-9-19(21)25)14-20-17-6-4-5-7-18(17)22(29)27-26-20/h4-9,15,18H,10-14H2,1-3H3. The van der Waals surface area contributed by atoms with Gasteiger partial charge in [-0.15, -0.1) is 5.11 Å². The van der Waals surface area contributed by atoms with Gasteiger partial charge in [-0.25, -0.2) is 4.39 Å². The molecule has 4 rings (SSSR count). The van der Waals surface area contributed by atoms with Crippen LogP contribution in [0.1, 0.15) is 26.3 Å². The summed E-state index contributed by atoms with van der Waals surface area (Å²) in [6, 6.07) is 4.66. The lowest BCUT2D eigenvalue weighted by atomic mass is 9.89. The highest BCUT2D eigenvalue weighted by Gasteiger charge is 2.37. The molecule has 1 aromatic carbocycles. The predicted molar refractivity (Wildman–Crippen MR) is 122 cm³/mol. The molecule has 32 heavy (non-hydrogen) atoms. The molecule has 0 radical (unpaired) electrons. The lowest BCUT2D eigenvalue weighted by Gasteiger charge is -2.36. The number of amides is 2. The molecule has 2 aliphatic heterocycles. The van der Waals surface area contributed by atoms with E-state index in [4.69, 9.17) is 0 Å². The van der Waals surface area contributed by atoms with Gasteiger partial charge in [-0.1, -0.05) is 51.1 Å². The maximum atomic E-state index is 14.8. The van der Waals surface area contributed by atoms with Crippen molar-refractivity contribution in [1.29, 1.82) is 0 Å². The lowest BCUT2D eigenvalue weighted by Crippen LogP contribution is -2.46. The number of carbonyl (C=O) groups is 2. The molecule has 6 nitrogen and oxygen atoms in total. The number of carbonyl (C=O) groups excluding carboxylic acids is 2. The number of halogens is 1. The van der Waals surface area contributed by atoms with Gasteiger partial charge in [0.15, 0.2) is 0 Å². The van der Waals surface area contributed by atoms with Gasteiger partial charge in [-0.2, -0.15) is 5.11 Å². The number of azo groups is 1. The fourth-order valence-corrected chi connectivity index (χ4v) is 6.98. The molecule has 0 spiro atoms. The first-order chi connectivity index (χ1) is 15.1. The van der Waals surface area contributed by atoms with Crippen molar-refractivity contribution in [3.05, 3.63) is 65.2 Å². The molecule has 0 aromatic heterocycles. The Morgan fingerprint density at radius 3 is 2.59 bits per heavy atom. The fraction of sp³-hybridized carbons (Fsp3) is 0.417. The zero-order chi connectivity index (χ0) is 23.1. The highest BCUT2D eigenvalue weighted by atomic mass is 31.2. The van der Waals surface area contributed by atoms with E-state index in [1.165, 1.54) is 6.07 Å². The Morgan fingerprint density at radius 1 is 1.19 bits per heavy atom. The zero-order valence-corrected chi connectivity index (χ0v) is 19.4. The number of nitrogens with zero attached hydrogens (tertiary/aromatic N) is 3. The van der Waals surface area contributed by atoms with E-state index >= 15 is 0 Å². The van der Waals surface area contributed by atoms with Crippen molar-refractivity contribution in [1.82, 2.24) is 4.90 Å². The van der Waals surface area contributed by atoms with Crippen LogP contribution in [0.2, 0.25) is 0 Å². The molecule has 8 heteroatoms. The highest BCUT2D eigenvalue weighted by Crippen LogP contribution is 2.47. The molecule has 168 valence electrons. The van der Waals surface area contributed by atoms with Crippen LogP contribution in [0.3, 0.4) is 0 Å². The molecule has 1 aromatic rings. The maximum absolute atomic E-state index is 14.8. The van der Waals surface area contributed by atoms with Crippen LogP contribution >= 0.6 is 7.14 Å². The van der Waals surface area contributed by atoms with Crippen molar-refractivity contribution >= 4 is 24.3 Å². The van der Waals surface area contributed by atoms with Gasteiger partial charge in [0.1, 0.15) is 13.0 Å². The molecule has 1 fully saturated rings. The maximum Gasteiger partial charge on any atom is 0.275 e. The van der Waals surface area contributed by atoms with E-state index in [1.54, 1.807) is 23.1 Å². The van der Waals surface area contributed by atoms with E-state index < -0.39 is 24.3 Å². The minimum Gasteiger partial charge on any atom is -0.341 e. The molecule has 1 aliphatic carbocycles. The third kappa shape index (κ3) is 4.31. The van der Waals surface area contributed by atoms with Gasteiger partial charge in [0.25, 0.3) is 5.91 Å². The Hall–Kier alpha value is -2.66. The van der Waals surface area contributed by atoms with Gasteiger partial charge < -0.3 is 9.46 Å². The Bertz CT molecular complexity index is 1130. The third-order valence-electron chi connectivity index (χ3n) is 6.11. The van der Waals surface area contributed by atoms with Crippen LogP contribution in [0.15, 0.2) is 64.0 Å². The van der Waals surface area contributed by atoms with Gasteiger partial charge in [0.2, 0.25) is 5.91 Å². The van der Waals surface area contributed by atoms with E-state index in [0.717, 1.165) is 11.1 Å².